The zero-order valence-corrected chi connectivity index (χ0v) is 17.4. The van der Waals surface area contributed by atoms with Gasteiger partial charge in [0.05, 0.1) is 17.4 Å². The molecule has 158 valence electrons. The third kappa shape index (κ3) is 5.40. The maximum Gasteiger partial charge on any atom is 0.258 e. The van der Waals surface area contributed by atoms with E-state index in [0.29, 0.717) is 5.56 Å². The summed E-state index contributed by atoms with van der Waals surface area (Å²) in [7, 11) is 0. The van der Waals surface area contributed by atoms with E-state index in [9.17, 15) is 9.18 Å². The molecule has 0 aliphatic carbocycles. The van der Waals surface area contributed by atoms with Crippen LogP contribution in [0, 0.1) is 5.82 Å². The lowest BCUT2D eigenvalue weighted by atomic mass is 10.2. The van der Waals surface area contributed by atoms with Gasteiger partial charge in [-0.15, -0.1) is 0 Å². The van der Waals surface area contributed by atoms with Crippen LogP contribution in [0.4, 0.5) is 10.1 Å². The highest BCUT2D eigenvalue weighted by Crippen LogP contribution is 2.26. The zero-order valence-electron chi connectivity index (χ0n) is 16.7. The van der Waals surface area contributed by atoms with Gasteiger partial charge >= 0.3 is 0 Å². The van der Waals surface area contributed by atoms with Crippen LogP contribution in [0.2, 0.25) is 0 Å². The van der Waals surface area contributed by atoms with Gasteiger partial charge in [0.25, 0.3) is 5.91 Å². The van der Waals surface area contributed by atoms with Crippen LogP contribution in [0.5, 0.6) is 5.75 Å². The number of hydrogen-bond acceptors (Lipinski definition) is 4. The molecule has 0 spiro atoms. The average molecular weight is 439 g/mol. The van der Waals surface area contributed by atoms with E-state index < -0.39 is 11.7 Å². The Hall–Kier alpha value is -3.84. The van der Waals surface area contributed by atoms with Gasteiger partial charge in [0.1, 0.15) is 10.8 Å². The quantitative estimate of drug-likeness (QED) is 0.395. The standard InChI is InChI=1S/C23H20ClFN4O2/c1-3-7-21(22(24)15(2)26)31-20-11-10-17(12-19(20)25)28-23(30)16-13-27-29(14-16)18-8-5-4-6-9-18/h3-14H,2,26H2,1H3,(H,28,30)/b7-3-,22-21-. The molecule has 0 fully saturated rings. The van der Waals surface area contributed by atoms with Crippen LogP contribution in [0.25, 0.3) is 5.69 Å². The van der Waals surface area contributed by atoms with Crippen LogP contribution in [-0.4, -0.2) is 15.7 Å². The molecule has 2 aromatic carbocycles. The Morgan fingerprint density at radius 2 is 2.03 bits per heavy atom. The number of halogens is 2. The van der Waals surface area contributed by atoms with Crippen LogP contribution in [-0.2, 0) is 0 Å². The molecule has 8 heteroatoms. The van der Waals surface area contributed by atoms with Crippen molar-refractivity contribution in [1.29, 1.82) is 0 Å². The lowest BCUT2D eigenvalue weighted by molar-refractivity contribution is 0.102. The van der Waals surface area contributed by atoms with Crippen molar-refractivity contribution in [3.63, 3.8) is 0 Å². The molecule has 0 saturated carbocycles. The van der Waals surface area contributed by atoms with E-state index in [0.717, 1.165) is 11.8 Å². The van der Waals surface area contributed by atoms with Crippen molar-refractivity contribution in [2.75, 3.05) is 5.32 Å². The maximum atomic E-state index is 14.6. The Bertz CT molecular complexity index is 1170. The van der Waals surface area contributed by atoms with E-state index in [2.05, 4.69) is 17.0 Å². The molecule has 1 aromatic heterocycles. The minimum Gasteiger partial charge on any atom is -0.453 e. The van der Waals surface area contributed by atoms with Crippen molar-refractivity contribution in [3.8, 4) is 11.4 Å². The average Bonchev–Trinajstić information content (AvgIpc) is 3.25. The Labute approximate surface area is 184 Å². The first kappa shape index (κ1) is 21.9. The first-order valence-electron chi connectivity index (χ1n) is 9.25. The van der Waals surface area contributed by atoms with Gasteiger partial charge in [0.15, 0.2) is 11.6 Å². The Morgan fingerprint density at radius 1 is 1.29 bits per heavy atom. The number of ether oxygens (including phenoxy) is 1. The van der Waals surface area contributed by atoms with Crippen molar-refractivity contribution in [3.05, 3.63) is 108 Å². The number of nitrogens with one attached hydrogen (secondary N) is 1. The summed E-state index contributed by atoms with van der Waals surface area (Å²) in [4.78, 5) is 12.5. The Morgan fingerprint density at radius 3 is 2.68 bits per heavy atom. The van der Waals surface area contributed by atoms with Crippen molar-refractivity contribution in [2.24, 2.45) is 5.73 Å². The number of amides is 1. The summed E-state index contributed by atoms with van der Waals surface area (Å²) in [6.07, 6.45) is 6.24. The number of hydrogen-bond donors (Lipinski definition) is 2. The highest BCUT2D eigenvalue weighted by Gasteiger charge is 2.14. The molecule has 31 heavy (non-hydrogen) atoms. The van der Waals surface area contributed by atoms with E-state index in [4.69, 9.17) is 22.1 Å². The van der Waals surface area contributed by atoms with Gasteiger partial charge in [-0.05, 0) is 37.3 Å². The SMILES string of the molecule is C=C(N)/C(Cl)=C(\C=C/C)Oc1ccc(NC(=O)c2cnn(-c3ccccc3)c2)cc1F. The number of para-hydroxylation sites is 1. The second-order valence-electron chi connectivity index (χ2n) is 6.41. The third-order valence-electron chi connectivity index (χ3n) is 4.09. The maximum absolute atomic E-state index is 14.6. The van der Waals surface area contributed by atoms with Gasteiger partial charge in [-0.2, -0.15) is 5.10 Å². The van der Waals surface area contributed by atoms with Crippen molar-refractivity contribution in [1.82, 2.24) is 9.78 Å². The van der Waals surface area contributed by atoms with Gasteiger partial charge in [-0.25, -0.2) is 9.07 Å². The molecule has 0 aliphatic rings. The third-order valence-corrected chi connectivity index (χ3v) is 4.52. The molecule has 0 unspecified atom stereocenters. The van der Waals surface area contributed by atoms with Gasteiger partial charge < -0.3 is 15.8 Å². The van der Waals surface area contributed by atoms with Gasteiger partial charge in [-0.3, -0.25) is 4.79 Å². The molecular weight excluding hydrogens is 419 g/mol. The number of nitrogens with zero attached hydrogens (tertiary/aromatic N) is 2. The fourth-order valence-electron chi connectivity index (χ4n) is 2.61. The Kier molecular flexibility index (Phi) is 6.89. The molecule has 3 N–H and O–H groups in total. The summed E-state index contributed by atoms with van der Waals surface area (Å²) in [5, 5.41) is 6.89. The largest absolute Gasteiger partial charge is 0.453 e. The fourth-order valence-corrected chi connectivity index (χ4v) is 2.71. The number of carbonyl (C=O) groups is 1. The summed E-state index contributed by atoms with van der Waals surface area (Å²) in [6.45, 7) is 5.30. The number of anilines is 1. The van der Waals surface area contributed by atoms with Gasteiger partial charge in [-0.1, -0.05) is 42.5 Å². The number of allylic oxidation sites excluding steroid dienone is 3. The van der Waals surface area contributed by atoms with Gasteiger partial charge in [0.2, 0.25) is 0 Å². The lowest BCUT2D eigenvalue weighted by Crippen LogP contribution is -2.11. The van der Waals surface area contributed by atoms with Crippen LogP contribution in [0.3, 0.4) is 0 Å². The zero-order chi connectivity index (χ0) is 22.4. The van der Waals surface area contributed by atoms with E-state index in [1.54, 1.807) is 30.0 Å². The molecular formula is C23H20ClFN4O2. The highest BCUT2D eigenvalue weighted by molar-refractivity contribution is 6.32. The molecule has 1 amide bonds. The number of nitrogens with two attached hydrogens (primary N) is 1. The van der Waals surface area contributed by atoms with Crippen LogP contribution in [0.15, 0.2) is 96.1 Å². The molecule has 6 nitrogen and oxygen atoms in total. The number of benzene rings is 2. The minimum atomic E-state index is -0.688. The van der Waals surface area contributed by atoms with E-state index in [-0.39, 0.29) is 27.9 Å². The topological polar surface area (TPSA) is 82.2 Å². The van der Waals surface area contributed by atoms with E-state index in [1.807, 2.05) is 30.3 Å². The summed E-state index contributed by atoms with van der Waals surface area (Å²) < 4.78 is 21.7. The van der Waals surface area contributed by atoms with E-state index >= 15 is 0 Å². The van der Waals surface area contributed by atoms with Crippen LogP contribution >= 0.6 is 11.6 Å². The number of rotatable bonds is 7. The predicted molar refractivity (Wildman–Crippen MR) is 120 cm³/mol. The molecule has 0 radical (unpaired) electrons. The van der Waals surface area contributed by atoms with Crippen LogP contribution in [0.1, 0.15) is 17.3 Å². The first-order chi connectivity index (χ1) is 14.9. The lowest BCUT2D eigenvalue weighted by Gasteiger charge is -2.11. The molecule has 0 bridgehead atoms. The fraction of sp³-hybridized carbons (Fsp3) is 0.0435. The van der Waals surface area contributed by atoms with Crippen LogP contribution < -0.4 is 15.8 Å². The number of carbonyl (C=O) groups excluding carboxylic acids is 1. The highest BCUT2D eigenvalue weighted by atomic mass is 35.5. The number of aromatic nitrogens is 2. The minimum absolute atomic E-state index is 0.0744. The molecule has 1 heterocycles. The van der Waals surface area contributed by atoms with Crippen molar-refractivity contribution >= 4 is 23.2 Å². The molecule has 0 atom stereocenters. The van der Waals surface area contributed by atoms with E-state index in [1.165, 1.54) is 18.3 Å². The summed E-state index contributed by atoms with van der Waals surface area (Å²) in [5.74, 6) is -1.04. The van der Waals surface area contributed by atoms with Gasteiger partial charge in [0, 0.05) is 23.6 Å². The molecule has 3 aromatic rings. The molecule has 0 aliphatic heterocycles. The second-order valence-corrected chi connectivity index (χ2v) is 6.79. The smallest absolute Gasteiger partial charge is 0.258 e. The second kappa shape index (κ2) is 9.77. The molecule has 3 rings (SSSR count). The summed E-state index contributed by atoms with van der Waals surface area (Å²) >= 11 is 6.07. The Balaban J connectivity index is 1.75. The summed E-state index contributed by atoms with van der Waals surface area (Å²) in [6, 6.07) is 13.4. The first-order valence-corrected chi connectivity index (χ1v) is 9.63. The summed E-state index contributed by atoms with van der Waals surface area (Å²) in [5.41, 5.74) is 7.08. The molecule has 0 saturated heterocycles. The van der Waals surface area contributed by atoms with Crippen molar-refractivity contribution < 1.29 is 13.9 Å². The monoisotopic (exact) mass is 438 g/mol. The predicted octanol–water partition coefficient (Wildman–Crippen LogP) is 5.14. The normalized spacial score (nSPS) is 11.8. The van der Waals surface area contributed by atoms with Crippen molar-refractivity contribution in [2.45, 2.75) is 6.92 Å².